The fourth-order valence-electron chi connectivity index (χ4n) is 1.69. The zero-order valence-electron chi connectivity index (χ0n) is 10.2. The molecule has 0 radical (unpaired) electrons. The molecule has 0 heterocycles. The highest BCUT2D eigenvalue weighted by Gasteiger charge is 2.04. The normalized spacial score (nSPS) is 12.9. The Labute approximate surface area is 93.1 Å². The summed E-state index contributed by atoms with van der Waals surface area (Å²) in [6.07, 6.45) is 0. The lowest BCUT2D eigenvalue weighted by molar-refractivity contribution is 0.638. The van der Waals surface area contributed by atoms with Crippen molar-refractivity contribution in [3.63, 3.8) is 0 Å². The third kappa shape index (κ3) is 3.56. The molecular weight excluding hydrogens is 184 g/mol. The third-order valence-electron chi connectivity index (χ3n) is 2.50. The van der Waals surface area contributed by atoms with E-state index in [1.807, 2.05) is 6.92 Å². The smallest absolute Gasteiger partial charge is 0.0363 e. The minimum absolute atomic E-state index is 0.120. The molecule has 2 nitrogen and oxygen atoms in total. The first kappa shape index (κ1) is 12.1. The molecule has 1 rings (SSSR count). The first-order chi connectivity index (χ1) is 7.00. The summed E-state index contributed by atoms with van der Waals surface area (Å²) >= 11 is 0. The SMILES string of the molecule is CC(C)CN(C)c1ccc(C(C)N)cc1. The Morgan fingerprint density at radius 2 is 1.67 bits per heavy atom. The number of benzene rings is 1. The lowest BCUT2D eigenvalue weighted by atomic mass is 10.1. The minimum atomic E-state index is 0.120. The molecule has 1 aromatic rings. The van der Waals surface area contributed by atoms with Crippen molar-refractivity contribution in [2.45, 2.75) is 26.8 Å². The lowest BCUT2D eigenvalue weighted by Crippen LogP contribution is -2.22. The Kier molecular flexibility index (Phi) is 4.15. The van der Waals surface area contributed by atoms with E-state index < -0.39 is 0 Å². The molecule has 0 aliphatic rings. The van der Waals surface area contributed by atoms with Crippen LogP contribution in [0.5, 0.6) is 0 Å². The van der Waals surface area contributed by atoms with Crippen LogP contribution < -0.4 is 10.6 Å². The maximum atomic E-state index is 5.81. The van der Waals surface area contributed by atoms with Gasteiger partial charge in [-0.2, -0.15) is 0 Å². The van der Waals surface area contributed by atoms with E-state index in [9.17, 15) is 0 Å². The molecule has 0 bridgehead atoms. The molecule has 15 heavy (non-hydrogen) atoms. The standard InChI is InChI=1S/C13H22N2/c1-10(2)9-15(4)13-7-5-12(6-8-13)11(3)14/h5-8,10-11H,9,14H2,1-4H3. The highest BCUT2D eigenvalue weighted by Crippen LogP contribution is 2.17. The molecule has 0 amide bonds. The van der Waals surface area contributed by atoms with Gasteiger partial charge in [0.25, 0.3) is 0 Å². The molecule has 0 saturated carbocycles. The molecule has 1 atom stereocenters. The molecule has 0 aromatic heterocycles. The van der Waals surface area contributed by atoms with Crippen molar-refractivity contribution in [1.82, 2.24) is 0 Å². The number of hydrogen-bond donors (Lipinski definition) is 1. The van der Waals surface area contributed by atoms with Crippen molar-refractivity contribution in [2.24, 2.45) is 11.7 Å². The molecule has 0 spiro atoms. The van der Waals surface area contributed by atoms with E-state index in [2.05, 4.69) is 50.1 Å². The first-order valence-electron chi connectivity index (χ1n) is 5.57. The Hall–Kier alpha value is -1.02. The maximum Gasteiger partial charge on any atom is 0.0363 e. The summed E-state index contributed by atoms with van der Waals surface area (Å²) in [4.78, 5) is 2.27. The zero-order valence-corrected chi connectivity index (χ0v) is 10.2. The minimum Gasteiger partial charge on any atom is -0.374 e. The van der Waals surface area contributed by atoms with Gasteiger partial charge >= 0.3 is 0 Å². The Bertz CT molecular complexity index is 288. The van der Waals surface area contributed by atoms with Gasteiger partial charge in [-0.3, -0.25) is 0 Å². The predicted molar refractivity (Wildman–Crippen MR) is 67.2 cm³/mol. The molecule has 0 saturated heterocycles. The average molecular weight is 206 g/mol. The second-order valence-corrected chi connectivity index (χ2v) is 4.65. The third-order valence-corrected chi connectivity index (χ3v) is 2.50. The van der Waals surface area contributed by atoms with Gasteiger partial charge in [-0.25, -0.2) is 0 Å². The maximum absolute atomic E-state index is 5.81. The summed E-state index contributed by atoms with van der Waals surface area (Å²) in [6, 6.07) is 8.62. The van der Waals surface area contributed by atoms with Gasteiger partial charge in [-0.05, 0) is 30.5 Å². The van der Waals surface area contributed by atoms with Crippen LogP contribution in [0.4, 0.5) is 5.69 Å². The molecule has 0 aliphatic carbocycles. The number of nitrogens with two attached hydrogens (primary N) is 1. The van der Waals surface area contributed by atoms with Crippen LogP contribution in [0.3, 0.4) is 0 Å². The van der Waals surface area contributed by atoms with Crippen molar-refractivity contribution in [3.8, 4) is 0 Å². The van der Waals surface area contributed by atoms with E-state index in [1.165, 1.54) is 11.3 Å². The summed E-state index contributed by atoms with van der Waals surface area (Å²) in [5.41, 5.74) is 8.26. The molecule has 1 aromatic carbocycles. The Morgan fingerprint density at radius 1 is 1.13 bits per heavy atom. The fraction of sp³-hybridized carbons (Fsp3) is 0.538. The second-order valence-electron chi connectivity index (χ2n) is 4.65. The van der Waals surface area contributed by atoms with E-state index in [-0.39, 0.29) is 6.04 Å². The Morgan fingerprint density at radius 3 is 2.07 bits per heavy atom. The first-order valence-corrected chi connectivity index (χ1v) is 5.57. The molecular formula is C13H22N2. The van der Waals surface area contributed by atoms with Gasteiger partial charge < -0.3 is 10.6 Å². The highest BCUT2D eigenvalue weighted by molar-refractivity contribution is 5.47. The molecule has 84 valence electrons. The lowest BCUT2D eigenvalue weighted by Gasteiger charge is -2.22. The van der Waals surface area contributed by atoms with Gasteiger partial charge in [-0.1, -0.05) is 26.0 Å². The van der Waals surface area contributed by atoms with Gasteiger partial charge in [0.2, 0.25) is 0 Å². The van der Waals surface area contributed by atoms with Crippen molar-refractivity contribution in [3.05, 3.63) is 29.8 Å². The molecule has 0 fully saturated rings. The highest BCUT2D eigenvalue weighted by atomic mass is 15.1. The van der Waals surface area contributed by atoms with Crippen molar-refractivity contribution < 1.29 is 0 Å². The summed E-state index contributed by atoms with van der Waals surface area (Å²) in [5, 5.41) is 0. The van der Waals surface area contributed by atoms with Crippen LogP contribution in [0, 0.1) is 5.92 Å². The van der Waals surface area contributed by atoms with Gasteiger partial charge in [0.15, 0.2) is 0 Å². The van der Waals surface area contributed by atoms with Crippen molar-refractivity contribution in [1.29, 1.82) is 0 Å². The van der Waals surface area contributed by atoms with E-state index in [0.29, 0.717) is 5.92 Å². The quantitative estimate of drug-likeness (QED) is 0.820. The van der Waals surface area contributed by atoms with Gasteiger partial charge in [0, 0.05) is 25.3 Å². The van der Waals surface area contributed by atoms with E-state index in [1.54, 1.807) is 0 Å². The van der Waals surface area contributed by atoms with Crippen LogP contribution in [-0.2, 0) is 0 Å². The van der Waals surface area contributed by atoms with Crippen LogP contribution in [0.1, 0.15) is 32.4 Å². The number of anilines is 1. The van der Waals surface area contributed by atoms with Gasteiger partial charge in [0.05, 0.1) is 0 Å². The molecule has 1 unspecified atom stereocenters. The predicted octanol–water partition coefficient (Wildman–Crippen LogP) is 2.80. The van der Waals surface area contributed by atoms with Crippen LogP contribution in [0.15, 0.2) is 24.3 Å². The zero-order chi connectivity index (χ0) is 11.4. The fourth-order valence-corrected chi connectivity index (χ4v) is 1.69. The summed E-state index contributed by atoms with van der Waals surface area (Å²) in [7, 11) is 2.13. The number of nitrogens with zero attached hydrogens (tertiary/aromatic N) is 1. The molecule has 0 aliphatic heterocycles. The van der Waals surface area contributed by atoms with E-state index in [0.717, 1.165) is 6.54 Å². The van der Waals surface area contributed by atoms with Crippen molar-refractivity contribution >= 4 is 5.69 Å². The molecule has 2 N–H and O–H groups in total. The van der Waals surface area contributed by atoms with Crippen molar-refractivity contribution in [2.75, 3.05) is 18.5 Å². The van der Waals surface area contributed by atoms with E-state index in [4.69, 9.17) is 5.73 Å². The van der Waals surface area contributed by atoms with Crippen LogP contribution in [0.25, 0.3) is 0 Å². The number of rotatable bonds is 4. The summed E-state index contributed by atoms with van der Waals surface area (Å²) in [6.45, 7) is 7.55. The second kappa shape index (κ2) is 5.17. The van der Waals surface area contributed by atoms with Gasteiger partial charge in [-0.15, -0.1) is 0 Å². The van der Waals surface area contributed by atoms with Crippen LogP contribution in [0.2, 0.25) is 0 Å². The largest absolute Gasteiger partial charge is 0.374 e. The summed E-state index contributed by atoms with van der Waals surface area (Å²) in [5.74, 6) is 0.683. The Balaban J connectivity index is 2.71. The van der Waals surface area contributed by atoms with Crippen LogP contribution in [-0.4, -0.2) is 13.6 Å². The number of hydrogen-bond acceptors (Lipinski definition) is 2. The average Bonchev–Trinajstić information content (AvgIpc) is 2.17. The topological polar surface area (TPSA) is 29.3 Å². The summed E-state index contributed by atoms with van der Waals surface area (Å²) < 4.78 is 0. The van der Waals surface area contributed by atoms with Crippen LogP contribution >= 0.6 is 0 Å². The van der Waals surface area contributed by atoms with E-state index >= 15 is 0 Å². The monoisotopic (exact) mass is 206 g/mol. The molecule has 2 heteroatoms. The van der Waals surface area contributed by atoms with Gasteiger partial charge in [0.1, 0.15) is 0 Å².